The maximum absolute atomic E-state index is 13.9. The Bertz CT molecular complexity index is 1230. The lowest BCUT2D eigenvalue weighted by Crippen LogP contribution is -2.53. The SMILES string of the molecule is CC(C)N(CC(=O)N1CCn2cccc2C1c1cccc(Oc2ccccc2)c1)C(=O)NC1CCCCC1. The van der Waals surface area contributed by atoms with Crippen molar-refractivity contribution in [1.29, 1.82) is 0 Å². The van der Waals surface area contributed by atoms with Crippen LogP contribution in [-0.2, 0) is 11.3 Å². The van der Waals surface area contributed by atoms with Crippen LogP contribution in [0.25, 0.3) is 0 Å². The van der Waals surface area contributed by atoms with Crippen molar-refractivity contribution >= 4 is 11.9 Å². The van der Waals surface area contributed by atoms with E-state index in [1.165, 1.54) is 6.42 Å². The number of benzene rings is 2. The van der Waals surface area contributed by atoms with Crippen LogP contribution in [0.3, 0.4) is 0 Å². The van der Waals surface area contributed by atoms with Crippen LogP contribution in [0.15, 0.2) is 72.9 Å². The van der Waals surface area contributed by atoms with Crippen molar-refractivity contribution in [3.8, 4) is 11.5 Å². The van der Waals surface area contributed by atoms with Crippen LogP contribution in [-0.4, -0.2) is 51.5 Å². The van der Waals surface area contributed by atoms with Gasteiger partial charge >= 0.3 is 6.03 Å². The summed E-state index contributed by atoms with van der Waals surface area (Å²) in [4.78, 5) is 30.7. The highest BCUT2D eigenvalue weighted by Crippen LogP contribution is 2.35. The molecular formula is C31H38N4O3. The predicted molar refractivity (Wildman–Crippen MR) is 148 cm³/mol. The molecule has 2 aliphatic rings. The van der Waals surface area contributed by atoms with Gasteiger partial charge < -0.3 is 24.4 Å². The Kier molecular flexibility index (Phi) is 8.01. The Labute approximate surface area is 225 Å². The van der Waals surface area contributed by atoms with E-state index in [1.54, 1.807) is 4.90 Å². The van der Waals surface area contributed by atoms with E-state index in [-0.39, 0.29) is 36.6 Å². The summed E-state index contributed by atoms with van der Waals surface area (Å²) in [6.07, 6.45) is 7.61. The molecule has 0 radical (unpaired) electrons. The molecule has 2 heterocycles. The summed E-state index contributed by atoms with van der Waals surface area (Å²) in [5, 5.41) is 3.19. The molecule has 200 valence electrons. The van der Waals surface area contributed by atoms with Crippen molar-refractivity contribution in [3.05, 3.63) is 84.2 Å². The fraction of sp³-hybridized carbons (Fsp3) is 0.419. The molecule has 1 fully saturated rings. The van der Waals surface area contributed by atoms with Gasteiger partial charge in [0.1, 0.15) is 18.0 Å². The second-order valence-corrected chi connectivity index (χ2v) is 10.6. The average Bonchev–Trinajstić information content (AvgIpc) is 3.41. The van der Waals surface area contributed by atoms with Crippen LogP contribution >= 0.6 is 0 Å². The van der Waals surface area contributed by atoms with Gasteiger partial charge in [0, 0.05) is 37.1 Å². The normalized spacial score (nSPS) is 17.7. The minimum Gasteiger partial charge on any atom is -0.457 e. The molecule has 1 saturated carbocycles. The van der Waals surface area contributed by atoms with Crippen LogP contribution in [0.5, 0.6) is 11.5 Å². The van der Waals surface area contributed by atoms with E-state index in [0.717, 1.165) is 55.0 Å². The lowest BCUT2D eigenvalue weighted by molar-refractivity contribution is -0.134. The first-order chi connectivity index (χ1) is 18.5. The summed E-state index contributed by atoms with van der Waals surface area (Å²) in [6, 6.07) is 21.5. The first kappa shape index (κ1) is 25.9. The van der Waals surface area contributed by atoms with Crippen LogP contribution < -0.4 is 10.1 Å². The number of nitrogens with one attached hydrogen (secondary N) is 1. The topological polar surface area (TPSA) is 66.8 Å². The number of para-hydroxylation sites is 1. The second kappa shape index (κ2) is 11.8. The number of ether oxygens (including phenoxy) is 1. The van der Waals surface area contributed by atoms with E-state index < -0.39 is 0 Å². The fourth-order valence-electron chi connectivity index (χ4n) is 5.61. The van der Waals surface area contributed by atoms with Crippen molar-refractivity contribution in [1.82, 2.24) is 19.7 Å². The molecular weight excluding hydrogens is 476 g/mol. The predicted octanol–water partition coefficient (Wildman–Crippen LogP) is 5.96. The Morgan fingerprint density at radius 2 is 1.71 bits per heavy atom. The number of aromatic nitrogens is 1. The van der Waals surface area contributed by atoms with Gasteiger partial charge in [-0.2, -0.15) is 0 Å². The molecule has 1 unspecified atom stereocenters. The van der Waals surface area contributed by atoms with Crippen molar-refractivity contribution < 1.29 is 14.3 Å². The summed E-state index contributed by atoms with van der Waals surface area (Å²) < 4.78 is 8.31. The zero-order valence-corrected chi connectivity index (χ0v) is 22.4. The smallest absolute Gasteiger partial charge is 0.318 e. The first-order valence-corrected chi connectivity index (χ1v) is 13.8. The number of rotatable bonds is 7. The van der Waals surface area contributed by atoms with Crippen molar-refractivity contribution in [2.24, 2.45) is 0 Å². The van der Waals surface area contributed by atoms with Crippen LogP contribution in [0, 0.1) is 0 Å². The molecule has 1 aromatic heterocycles. The number of amides is 3. The van der Waals surface area contributed by atoms with E-state index in [9.17, 15) is 9.59 Å². The maximum atomic E-state index is 13.9. The van der Waals surface area contributed by atoms with E-state index in [1.807, 2.05) is 79.4 Å². The highest BCUT2D eigenvalue weighted by atomic mass is 16.5. The number of hydrogen-bond acceptors (Lipinski definition) is 3. The molecule has 0 saturated heterocycles. The quantitative estimate of drug-likeness (QED) is 0.423. The number of fused-ring (bicyclic) bond motifs is 1. The third-order valence-corrected chi connectivity index (χ3v) is 7.63. The summed E-state index contributed by atoms with van der Waals surface area (Å²) in [7, 11) is 0. The van der Waals surface area contributed by atoms with E-state index in [2.05, 4.69) is 22.1 Å². The van der Waals surface area contributed by atoms with E-state index in [0.29, 0.717) is 6.54 Å². The fourth-order valence-corrected chi connectivity index (χ4v) is 5.61. The first-order valence-electron chi connectivity index (χ1n) is 13.8. The Hall–Kier alpha value is -3.74. The standard InChI is InChI=1S/C31H38N4O3/c1-23(2)35(31(37)32-25-12-5-3-6-13-25)22-29(36)34-20-19-33-18-10-17-28(33)30(34)24-11-9-16-27(21-24)38-26-14-7-4-8-15-26/h4,7-11,14-18,21,23,25,30H,3,5-6,12-13,19-20,22H2,1-2H3,(H,32,37). The second-order valence-electron chi connectivity index (χ2n) is 10.6. The molecule has 38 heavy (non-hydrogen) atoms. The molecule has 1 aliphatic carbocycles. The number of hydrogen-bond donors (Lipinski definition) is 1. The minimum atomic E-state index is -0.263. The van der Waals surface area contributed by atoms with Crippen LogP contribution in [0.2, 0.25) is 0 Å². The highest BCUT2D eigenvalue weighted by Gasteiger charge is 2.34. The number of carbonyl (C=O) groups excluding carboxylic acids is 2. The zero-order valence-electron chi connectivity index (χ0n) is 22.4. The van der Waals surface area contributed by atoms with Gasteiger partial charge in [-0.05, 0) is 68.7 Å². The van der Waals surface area contributed by atoms with Gasteiger partial charge in [0.05, 0.1) is 6.04 Å². The Balaban J connectivity index is 1.37. The van der Waals surface area contributed by atoms with Crippen LogP contribution in [0.1, 0.15) is 63.3 Å². The number of urea groups is 1. The average molecular weight is 515 g/mol. The summed E-state index contributed by atoms with van der Waals surface area (Å²) >= 11 is 0. The van der Waals surface area contributed by atoms with Gasteiger partial charge in [-0.3, -0.25) is 4.79 Å². The van der Waals surface area contributed by atoms with Crippen molar-refractivity contribution in [3.63, 3.8) is 0 Å². The monoisotopic (exact) mass is 514 g/mol. The van der Waals surface area contributed by atoms with Gasteiger partial charge in [-0.1, -0.05) is 49.6 Å². The molecule has 3 aromatic rings. The lowest BCUT2D eigenvalue weighted by atomic mass is 9.96. The molecule has 0 bridgehead atoms. The molecule has 7 nitrogen and oxygen atoms in total. The highest BCUT2D eigenvalue weighted by molar-refractivity contribution is 5.85. The Morgan fingerprint density at radius 1 is 0.947 bits per heavy atom. The third-order valence-electron chi connectivity index (χ3n) is 7.63. The molecule has 1 aliphatic heterocycles. The van der Waals surface area contributed by atoms with Gasteiger partial charge in [0.2, 0.25) is 5.91 Å². The maximum Gasteiger partial charge on any atom is 0.318 e. The molecule has 2 aromatic carbocycles. The number of carbonyl (C=O) groups is 2. The molecule has 1 N–H and O–H groups in total. The molecule has 0 spiro atoms. The van der Waals surface area contributed by atoms with E-state index in [4.69, 9.17) is 4.74 Å². The van der Waals surface area contributed by atoms with Crippen LogP contribution in [0.4, 0.5) is 4.79 Å². The van der Waals surface area contributed by atoms with Gasteiger partial charge in [-0.25, -0.2) is 4.79 Å². The third kappa shape index (κ3) is 5.87. The number of nitrogens with zero attached hydrogens (tertiary/aromatic N) is 3. The van der Waals surface area contributed by atoms with Crippen molar-refractivity contribution in [2.45, 2.75) is 70.6 Å². The van der Waals surface area contributed by atoms with E-state index >= 15 is 0 Å². The van der Waals surface area contributed by atoms with Gasteiger partial charge in [-0.15, -0.1) is 0 Å². The Morgan fingerprint density at radius 3 is 2.47 bits per heavy atom. The van der Waals surface area contributed by atoms with Crippen molar-refractivity contribution in [2.75, 3.05) is 13.1 Å². The largest absolute Gasteiger partial charge is 0.457 e. The summed E-state index contributed by atoms with van der Waals surface area (Å²) in [5.41, 5.74) is 2.04. The lowest BCUT2D eigenvalue weighted by Gasteiger charge is -2.39. The molecule has 5 rings (SSSR count). The molecule has 3 amide bonds. The summed E-state index contributed by atoms with van der Waals surface area (Å²) in [5.74, 6) is 1.44. The van der Waals surface area contributed by atoms with Gasteiger partial charge in [0.15, 0.2) is 0 Å². The molecule has 7 heteroatoms. The summed E-state index contributed by atoms with van der Waals surface area (Å²) in [6.45, 7) is 5.29. The minimum absolute atomic E-state index is 0.0492. The van der Waals surface area contributed by atoms with Gasteiger partial charge in [0.25, 0.3) is 0 Å². The molecule has 1 atom stereocenters. The zero-order chi connectivity index (χ0) is 26.5.